The lowest BCUT2D eigenvalue weighted by Crippen LogP contribution is -2.18. The zero-order chi connectivity index (χ0) is 14.7. The SMILES string of the molecule is CN(C)c1ncc(CNc2ccc(N3CCCC3)nc2)s1. The number of thiazole rings is 1. The number of hydrogen-bond acceptors (Lipinski definition) is 6. The van der Waals surface area contributed by atoms with Crippen LogP contribution in [0, 0.1) is 0 Å². The van der Waals surface area contributed by atoms with E-state index in [9.17, 15) is 0 Å². The first-order valence-corrected chi connectivity index (χ1v) is 8.11. The first kappa shape index (κ1) is 14.1. The Morgan fingerprint density at radius 3 is 2.62 bits per heavy atom. The molecule has 0 bridgehead atoms. The van der Waals surface area contributed by atoms with Crippen molar-refractivity contribution in [1.29, 1.82) is 0 Å². The molecule has 0 unspecified atom stereocenters. The number of nitrogens with one attached hydrogen (secondary N) is 1. The van der Waals surface area contributed by atoms with E-state index < -0.39 is 0 Å². The zero-order valence-corrected chi connectivity index (χ0v) is 13.4. The van der Waals surface area contributed by atoms with Gasteiger partial charge in [-0.15, -0.1) is 11.3 Å². The molecule has 6 heteroatoms. The van der Waals surface area contributed by atoms with Crippen LogP contribution in [0.25, 0.3) is 0 Å². The van der Waals surface area contributed by atoms with Gasteiger partial charge in [-0.3, -0.25) is 0 Å². The van der Waals surface area contributed by atoms with Crippen molar-refractivity contribution in [2.45, 2.75) is 19.4 Å². The predicted molar refractivity (Wildman–Crippen MR) is 89.5 cm³/mol. The van der Waals surface area contributed by atoms with Gasteiger partial charge in [-0.05, 0) is 25.0 Å². The maximum absolute atomic E-state index is 4.55. The highest BCUT2D eigenvalue weighted by Crippen LogP contribution is 2.22. The fourth-order valence-electron chi connectivity index (χ4n) is 2.40. The van der Waals surface area contributed by atoms with Crippen molar-refractivity contribution in [3.05, 3.63) is 29.4 Å². The van der Waals surface area contributed by atoms with Gasteiger partial charge in [0.1, 0.15) is 5.82 Å². The summed E-state index contributed by atoms with van der Waals surface area (Å²) in [5, 5.41) is 4.44. The quantitative estimate of drug-likeness (QED) is 0.920. The first-order valence-electron chi connectivity index (χ1n) is 7.29. The molecule has 0 saturated carbocycles. The summed E-state index contributed by atoms with van der Waals surface area (Å²) in [7, 11) is 4.02. The van der Waals surface area contributed by atoms with Crippen molar-refractivity contribution < 1.29 is 0 Å². The summed E-state index contributed by atoms with van der Waals surface area (Å²) in [4.78, 5) is 14.5. The molecule has 1 aliphatic rings. The molecule has 0 atom stereocenters. The Hall–Kier alpha value is -1.82. The molecule has 5 nitrogen and oxygen atoms in total. The Morgan fingerprint density at radius 1 is 1.19 bits per heavy atom. The van der Waals surface area contributed by atoms with E-state index >= 15 is 0 Å². The van der Waals surface area contributed by atoms with Crippen LogP contribution in [0.2, 0.25) is 0 Å². The Labute approximate surface area is 129 Å². The predicted octanol–water partition coefficient (Wildman–Crippen LogP) is 2.82. The molecule has 1 saturated heterocycles. The van der Waals surface area contributed by atoms with Gasteiger partial charge in [0, 0.05) is 38.3 Å². The van der Waals surface area contributed by atoms with Crippen LogP contribution in [0.3, 0.4) is 0 Å². The summed E-state index contributed by atoms with van der Waals surface area (Å²) in [5.41, 5.74) is 1.05. The van der Waals surface area contributed by atoms with Gasteiger partial charge in [-0.25, -0.2) is 9.97 Å². The lowest BCUT2D eigenvalue weighted by molar-refractivity contribution is 0.937. The van der Waals surface area contributed by atoms with Gasteiger partial charge in [-0.1, -0.05) is 0 Å². The topological polar surface area (TPSA) is 44.3 Å². The number of pyridine rings is 1. The number of hydrogen-bond donors (Lipinski definition) is 1. The molecule has 0 aromatic carbocycles. The average molecular weight is 303 g/mol. The van der Waals surface area contributed by atoms with Crippen LogP contribution < -0.4 is 15.1 Å². The summed E-state index contributed by atoms with van der Waals surface area (Å²) in [6, 6.07) is 4.21. The second-order valence-electron chi connectivity index (χ2n) is 5.46. The average Bonchev–Trinajstić information content (AvgIpc) is 3.17. The van der Waals surface area contributed by atoms with Crippen molar-refractivity contribution in [3.63, 3.8) is 0 Å². The Kier molecular flexibility index (Phi) is 4.24. The summed E-state index contributed by atoms with van der Waals surface area (Å²) >= 11 is 1.71. The van der Waals surface area contributed by atoms with Crippen molar-refractivity contribution >= 4 is 28.0 Å². The molecule has 0 aliphatic carbocycles. The van der Waals surface area contributed by atoms with E-state index in [1.807, 2.05) is 31.4 Å². The molecule has 112 valence electrons. The molecule has 21 heavy (non-hydrogen) atoms. The van der Waals surface area contributed by atoms with E-state index in [1.54, 1.807) is 11.3 Å². The van der Waals surface area contributed by atoms with E-state index in [4.69, 9.17) is 0 Å². The van der Waals surface area contributed by atoms with Gasteiger partial charge in [0.15, 0.2) is 5.13 Å². The third kappa shape index (κ3) is 3.44. The zero-order valence-electron chi connectivity index (χ0n) is 12.5. The van der Waals surface area contributed by atoms with Crippen LogP contribution in [0.5, 0.6) is 0 Å². The van der Waals surface area contributed by atoms with Crippen molar-refractivity contribution in [3.8, 4) is 0 Å². The largest absolute Gasteiger partial charge is 0.379 e. The van der Waals surface area contributed by atoms with Gasteiger partial charge in [0.2, 0.25) is 0 Å². The summed E-state index contributed by atoms with van der Waals surface area (Å²) in [6.07, 6.45) is 6.41. The van der Waals surface area contributed by atoms with Crippen LogP contribution in [-0.4, -0.2) is 37.2 Å². The molecule has 2 aromatic rings. The second kappa shape index (κ2) is 6.30. The molecule has 3 heterocycles. The molecule has 2 aromatic heterocycles. The molecule has 0 amide bonds. The first-order chi connectivity index (χ1) is 10.2. The van der Waals surface area contributed by atoms with Crippen LogP contribution in [0.15, 0.2) is 24.5 Å². The van der Waals surface area contributed by atoms with E-state index in [0.29, 0.717) is 0 Å². The van der Waals surface area contributed by atoms with Gasteiger partial charge < -0.3 is 15.1 Å². The molecule has 1 aliphatic heterocycles. The molecule has 0 spiro atoms. The highest BCUT2D eigenvalue weighted by Gasteiger charge is 2.12. The highest BCUT2D eigenvalue weighted by molar-refractivity contribution is 7.15. The van der Waals surface area contributed by atoms with Gasteiger partial charge in [0.05, 0.1) is 18.4 Å². The summed E-state index contributed by atoms with van der Waals surface area (Å²) in [6.45, 7) is 3.05. The normalized spacial score (nSPS) is 14.5. The van der Waals surface area contributed by atoms with Crippen molar-refractivity contribution in [2.75, 3.05) is 42.3 Å². The highest BCUT2D eigenvalue weighted by atomic mass is 32.1. The smallest absolute Gasteiger partial charge is 0.185 e. The number of nitrogens with zero attached hydrogens (tertiary/aromatic N) is 4. The third-order valence-electron chi connectivity index (χ3n) is 3.57. The van der Waals surface area contributed by atoms with E-state index in [0.717, 1.165) is 36.3 Å². The van der Waals surface area contributed by atoms with E-state index in [-0.39, 0.29) is 0 Å². The minimum atomic E-state index is 0.788. The minimum absolute atomic E-state index is 0.788. The van der Waals surface area contributed by atoms with Gasteiger partial charge in [0.25, 0.3) is 0 Å². The molecule has 1 N–H and O–H groups in total. The van der Waals surface area contributed by atoms with Crippen molar-refractivity contribution in [2.24, 2.45) is 0 Å². The molecular formula is C15H21N5S. The van der Waals surface area contributed by atoms with Crippen LogP contribution in [-0.2, 0) is 6.54 Å². The third-order valence-corrected chi connectivity index (χ3v) is 4.73. The van der Waals surface area contributed by atoms with Gasteiger partial charge in [-0.2, -0.15) is 0 Å². The Bertz CT molecular complexity index is 572. The van der Waals surface area contributed by atoms with Crippen molar-refractivity contribution in [1.82, 2.24) is 9.97 Å². The minimum Gasteiger partial charge on any atom is -0.379 e. The fraction of sp³-hybridized carbons (Fsp3) is 0.467. The van der Waals surface area contributed by atoms with Crippen LogP contribution in [0.1, 0.15) is 17.7 Å². The molecule has 1 fully saturated rings. The monoisotopic (exact) mass is 303 g/mol. The second-order valence-corrected chi connectivity index (χ2v) is 6.55. The lowest BCUT2D eigenvalue weighted by atomic mass is 10.3. The lowest BCUT2D eigenvalue weighted by Gasteiger charge is -2.16. The van der Waals surface area contributed by atoms with Gasteiger partial charge >= 0.3 is 0 Å². The molecule has 0 radical (unpaired) electrons. The Morgan fingerprint density at radius 2 is 2.00 bits per heavy atom. The Balaban J connectivity index is 1.57. The maximum atomic E-state index is 4.55. The molecular weight excluding hydrogens is 282 g/mol. The number of aromatic nitrogens is 2. The molecule has 3 rings (SSSR count). The van der Waals surface area contributed by atoms with E-state index in [2.05, 4.69) is 32.3 Å². The van der Waals surface area contributed by atoms with E-state index in [1.165, 1.54) is 17.7 Å². The standard InChI is InChI=1S/C15H21N5S/c1-19(2)15-18-11-13(21-15)10-16-12-5-6-14(17-9-12)20-7-3-4-8-20/h5-6,9,11,16H,3-4,7-8,10H2,1-2H3. The fourth-order valence-corrected chi connectivity index (χ4v) is 3.17. The number of anilines is 3. The maximum Gasteiger partial charge on any atom is 0.185 e. The summed E-state index contributed by atoms with van der Waals surface area (Å²) < 4.78 is 0. The van der Waals surface area contributed by atoms with Crippen LogP contribution in [0.4, 0.5) is 16.6 Å². The summed E-state index contributed by atoms with van der Waals surface area (Å²) in [5.74, 6) is 1.09. The number of rotatable bonds is 5. The van der Waals surface area contributed by atoms with Crippen LogP contribution >= 0.6 is 11.3 Å².